The van der Waals surface area contributed by atoms with E-state index in [-0.39, 0.29) is 0 Å². The number of nitrogens with two attached hydrogens (primary N) is 1. The fourth-order valence-corrected chi connectivity index (χ4v) is 3.20. The highest BCUT2D eigenvalue weighted by Crippen LogP contribution is 2.24. The number of thioether (sulfide) groups is 1. The van der Waals surface area contributed by atoms with Crippen molar-refractivity contribution in [1.82, 2.24) is 0 Å². The summed E-state index contributed by atoms with van der Waals surface area (Å²) in [5.41, 5.74) is 9.33. The lowest BCUT2D eigenvalue weighted by Gasteiger charge is -2.08. The summed E-state index contributed by atoms with van der Waals surface area (Å²) >= 11 is 1.46. The summed E-state index contributed by atoms with van der Waals surface area (Å²) < 4.78 is 5.89. The number of amidine groups is 1. The van der Waals surface area contributed by atoms with Gasteiger partial charge >= 0.3 is 0 Å². The molecule has 148 valence electrons. The van der Waals surface area contributed by atoms with Gasteiger partial charge < -0.3 is 10.5 Å². The fourth-order valence-electron chi connectivity index (χ4n) is 2.59. The molecule has 3 rings (SSSR count). The molecule has 2 N–H and O–H groups in total. The van der Waals surface area contributed by atoms with Crippen molar-refractivity contribution in [3.8, 4) is 11.5 Å². The second-order valence-corrected chi connectivity index (χ2v) is 7.85. The normalized spacial score (nSPS) is 11.9. The zero-order valence-corrected chi connectivity index (χ0v) is 17.5. The van der Waals surface area contributed by atoms with Crippen molar-refractivity contribution in [1.29, 1.82) is 0 Å². The van der Waals surface area contributed by atoms with E-state index in [9.17, 15) is 0 Å². The van der Waals surface area contributed by atoms with Crippen LogP contribution in [0.1, 0.15) is 36.5 Å². The van der Waals surface area contributed by atoms with Crippen LogP contribution in [0.3, 0.4) is 0 Å². The molecule has 0 saturated heterocycles. The summed E-state index contributed by atoms with van der Waals surface area (Å²) in [5, 5.41) is 8.55. The molecule has 5 heteroatoms. The molecule has 0 atom stereocenters. The molecule has 0 aromatic heterocycles. The van der Waals surface area contributed by atoms with E-state index in [1.54, 1.807) is 6.21 Å². The lowest BCUT2D eigenvalue weighted by atomic mass is 10.0. The highest BCUT2D eigenvalue weighted by Gasteiger charge is 2.01. The van der Waals surface area contributed by atoms with Crippen LogP contribution in [0.4, 0.5) is 0 Å². The van der Waals surface area contributed by atoms with E-state index in [0.29, 0.717) is 11.1 Å². The Morgan fingerprint density at radius 1 is 0.931 bits per heavy atom. The molecule has 0 radical (unpaired) electrons. The van der Waals surface area contributed by atoms with Crippen LogP contribution in [0.2, 0.25) is 0 Å². The minimum atomic E-state index is 0.440. The largest absolute Gasteiger partial charge is 0.457 e. The van der Waals surface area contributed by atoms with Crippen molar-refractivity contribution in [2.24, 2.45) is 15.9 Å². The molecule has 3 aromatic carbocycles. The summed E-state index contributed by atoms with van der Waals surface area (Å²) in [6.07, 6.45) is 1.68. The Kier molecular flexibility index (Phi) is 7.47. The maximum absolute atomic E-state index is 5.90. The van der Waals surface area contributed by atoms with Gasteiger partial charge in [0, 0.05) is 5.75 Å². The Morgan fingerprint density at radius 2 is 1.55 bits per heavy atom. The van der Waals surface area contributed by atoms with Crippen LogP contribution in [-0.2, 0) is 5.75 Å². The van der Waals surface area contributed by atoms with E-state index in [1.807, 2.05) is 54.6 Å². The molecule has 3 aromatic rings. The molecule has 0 amide bonds. The molecule has 0 bridgehead atoms. The van der Waals surface area contributed by atoms with Gasteiger partial charge in [-0.2, -0.15) is 5.10 Å². The predicted octanol–water partition coefficient (Wildman–Crippen LogP) is 6.18. The molecule has 4 nitrogen and oxygen atoms in total. The van der Waals surface area contributed by atoms with Crippen molar-refractivity contribution in [3.05, 3.63) is 95.6 Å². The number of hydrogen-bond donors (Lipinski definition) is 1. The second-order valence-electron chi connectivity index (χ2n) is 6.85. The third-order valence-electron chi connectivity index (χ3n) is 4.26. The van der Waals surface area contributed by atoms with Crippen molar-refractivity contribution in [2.75, 3.05) is 0 Å². The first-order valence-corrected chi connectivity index (χ1v) is 10.5. The summed E-state index contributed by atoms with van der Waals surface area (Å²) in [7, 11) is 0. The molecule has 29 heavy (non-hydrogen) atoms. The van der Waals surface area contributed by atoms with Crippen LogP contribution in [-0.4, -0.2) is 11.4 Å². The standard InChI is InChI=1S/C24H25N3OS/c1-18(2)21-10-14-23(15-11-21)28-22-12-8-19(9-13-22)16-26-27-24(25)29-17-20-6-4-3-5-7-20/h3-16,18H,17H2,1-2H3,(H2,25,27). The van der Waals surface area contributed by atoms with Gasteiger partial charge in [0.25, 0.3) is 0 Å². The zero-order valence-electron chi connectivity index (χ0n) is 16.7. The van der Waals surface area contributed by atoms with E-state index in [2.05, 4.69) is 48.3 Å². The van der Waals surface area contributed by atoms with Crippen molar-refractivity contribution < 1.29 is 4.74 Å². The first-order chi connectivity index (χ1) is 14.1. The lowest BCUT2D eigenvalue weighted by Crippen LogP contribution is -2.05. The SMILES string of the molecule is CC(C)c1ccc(Oc2ccc(C=NN=C(N)SCc3ccccc3)cc2)cc1. The zero-order chi connectivity index (χ0) is 20.5. The molecule has 0 aliphatic heterocycles. The summed E-state index contributed by atoms with van der Waals surface area (Å²) in [6, 6.07) is 26.0. The van der Waals surface area contributed by atoms with Gasteiger partial charge in [-0.05, 0) is 59.0 Å². The van der Waals surface area contributed by atoms with E-state index >= 15 is 0 Å². The molecule has 0 heterocycles. The van der Waals surface area contributed by atoms with Crippen LogP contribution in [0.25, 0.3) is 0 Å². The van der Waals surface area contributed by atoms with Gasteiger partial charge in [0.15, 0.2) is 5.17 Å². The minimum absolute atomic E-state index is 0.440. The number of nitrogens with zero attached hydrogens (tertiary/aromatic N) is 2. The molecule has 0 aliphatic rings. The Hall–Kier alpha value is -3.05. The van der Waals surface area contributed by atoms with Crippen molar-refractivity contribution in [2.45, 2.75) is 25.5 Å². The highest BCUT2D eigenvalue weighted by molar-refractivity contribution is 8.13. The van der Waals surface area contributed by atoms with Gasteiger partial charge in [-0.15, -0.1) is 5.10 Å². The van der Waals surface area contributed by atoms with Crippen LogP contribution < -0.4 is 10.5 Å². The Bertz CT molecular complexity index is 950. The smallest absolute Gasteiger partial charge is 0.180 e. The summed E-state index contributed by atoms with van der Waals surface area (Å²) in [5.74, 6) is 2.89. The number of ether oxygens (including phenoxy) is 1. The van der Waals surface area contributed by atoms with Crippen molar-refractivity contribution >= 4 is 23.1 Å². The monoisotopic (exact) mass is 403 g/mol. The average Bonchev–Trinajstić information content (AvgIpc) is 2.75. The maximum atomic E-state index is 5.90. The first kappa shape index (κ1) is 20.7. The molecular weight excluding hydrogens is 378 g/mol. The topological polar surface area (TPSA) is 60.0 Å². The van der Waals surface area contributed by atoms with E-state index < -0.39 is 0 Å². The van der Waals surface area contributed by atoms with Crippen molar-refractivity contribution in [3.63, 3.8) is 0 Å². The number of benzene rings is 3. The van der Waals surface area contributed by atoms with Crippen LogP contribution in [0, 0.1) is 0 Å². The molecule has 0 aliphatic carbocycles. The molecular formula is C24H25N3OS. The Morgan fingerprint density at radius 3 is 2.17 bits per heavy atom. The van der Waals surface area contributed by atoms with Gasteiger partial charge in [-0.25, -0.2) is 0 Å². The highest BCUT2D eigenvalue weighted by atomic mass is 32.2. The van der Waals surface area contributed by atoms with Crippen LogP contribution in [0.5, 0.6) is 11.5 Å². The Balaban J connectivity index is 1.51. The maximum Gasteiger partial charge on any atom is 0.180 e. The summed E-state index contributed by atoms with van der Waals surface area (Å²) in [6.45, 7) is 4.35. The number of hydrogen-bond acceptors (Lipinski definition) is 4. The van der Waals surface area contributed by atoms with E-state index in [0.717, 1.165) is 22.8 Å². The molecule has 0 saturated carbocycles. The molecule has 0 fully saturated rings. The third kappa shape index (κ3) is 6.80. The average molecular weight is 404 g/mol. The third-order valence-corrected chi connectivity index (χ3v) is 5.11. The van der Waals surface area contributed by atoms with Crippen LogP contribution >= 0.6 is 11.8 Å². The predicted molar refractivity (Wildman–Crippen MR) is 124 cm³/mol. The fraction of sp³-hybridized carbons (Fsp3) is 0.167. The van der Waals surface area contributed by atoms with Crippen LogP contribution in [0.15, 0.2) is 89.1 Å². The lowest BCUT2D eigenvalue weighted by molar-refractivity contribution is 0.482. The quantitative estimate of drug-likeness (QED) is 0.291. The second kappa shape index (κ2) is 10.5. The van der Waals surface area contributed by atoms with Gasteiger partial charge in [0.2, 0.25) is 0 Å². The van der Waals surface area contributed by atoms with Gasteiger partial charge in [-0.3, -0.25) is 0 Å². The van der Waals surface area contributed by atoms with Gasteiger partial charge in [0.05, 0.1) is 6.21 Å². The molecule has 0 unspecified atom stereocenters. The van der Waals surface area contributed by atoms with Gasteiger partial charge in [-0.1, -0.05) is 68.1 Å². The van der Waals surface area contributed by atoms with E-state index in [4.69, 9.17) is 10.5 Å². The van der Waals surface area contributed by atoms with Gasteiger partial charge in [0.1, 0.15) is 11.5 Å². The summed E-state index contributed by atoms with van der Waals surface area (Å²) in [4.78, 5) is 0. The minimum Gasteiger partial charge on any atom is -0.457 e. The number of rotatable bonds is 7. The molecule has 0 spiro atoms. The Labute approximate surface area is 176 Å². The first-order valence-electron chi connectivity index (χ1n) is 9.51. The van der Waals surface area contributed by atoms with E-state index in [1.165, 1.54) is 22.9 Å².